The molecular formula is C22H28N2O5. The highest BCUT2D eigenvalue weighted by atomic mass is 16.6. The van der Waals surface area contributed by atoms with Gasteiger partial charge in [0.05, 0.1) is 5.92 Å². The Hall–Kier alpha value is -2.83. The van der Waals surface area contributed by atoms with E-state index >= 15 is 0 Å². The second kappa shape index (κ2) is 8.27. The largest absolute Gasteiger partial charge is 0.454 e. The van der Waals surface area contributed by atoms with Gasteiger partial charge in [0.2, 0.25) is 5.78 Å². The fourth-order valence-corrected chi connectivity index (χ4v) is 3.44. The third-order valence-electron chi connectivity index (χ3n) is 5.00. The van der Waals surface area contributed by atoms with Crippen LogP contribution in [0, 0.1) is 5.92 Å². The summed E-state index contributed by atoms with van der Waals surface area (Å²) >= 11 is 0. The molecule has 1 amide bonds. The Bertz CT molecular complexity index is 903. The number of para-hydroxylation sites is 1. The molecular weight excluding hydrogens is 372 g/mol. The van der Waals surface area contributed by atoms with Crippen LogP contribution in [-0.2, 0) is 14.3 Å². The number of aromatic nitrogens is 1. The third kappa shape index (κ3) is 4.96. The van der Waals surface area contributed by atoms with E-state index in [-0.39, 0.29) is 17.8 Å². The predicted octanol–water partition coefficient (Wildman–Crippen LogP) is 3.93. The molecule has 0 spiro atoms. The number of hydrogen-bond donors (Lipinski definition) is 1. The maximum absolute atomic E-state index is 12.7. The van der Waals surface area contributed by atoms with Crippen molar-refractivity contribution >= 4 is 28.7 Å². The number of Topliss-reactive ketones (excluding diaryl/α,β-unsaturated/α-hetero) is 1. The van der Waals surface area contributed by atoms with Crippen LogP contribution in [0.15, 0.2) is 30.5 Å². The van der Waals surface area contributed by atoms with Crippen molar-refractivity contribution in [3.63, 3.8) is 0 Å². The quantitative estimate of drug-likeness (QED) is 0.620. The number of carbonyl (C=O) groups is 3. The summed E-state index contributed by atoms with van der Waals surface area (Å²) in [7, 11) is 0. The summed E-state index contributed by atoms with van der Waals surface area (Å²) in [6.07, 6.45) is 1.40. The maximum atomic E-state index is 12.7. The van der Waals surface area contributed by atoms with Crippen LogP contribution in [0.1, 0.15) is 50.9 Å². The Kier molecular flexibility index (Phi) is 5.96. The van der Waals surface area contributed by atoms with E-state index in [0.717, 1.165) is 10.9 Å². The van der Waals surface area contributed by atoms with Gasteiger partial charge in [-0.2, -0.15) is 0 Å². The number of rotatable bonds is 4. The van der Waals surface area contributed by atoms with Gasteiger partial charge in [0.15, 0.2) is 6.10 Å². The zero-order chi connectivity index (χ0) is 21.2. The first kappa shape index (κ1) is 20.9. The molecule has 2 heterocycles. The molecule has 29 heavy (non-hydrogen) atoms. The zero-order valence-electron chi connectivity index (χ0n) is 17.4. The molecule has 7 heteroatoms. The monoisotopic (exact) mass is 400 g/mol. The van der Waals surface area contributed by atoms with Crippen molar-refractivity contribution in [1.29, 1.82) is 0 Å². The average Bonchev–Trinajstić information content (AvgIpc) is 3.10. The van der Waals surface area contributed by atoms with E-state index in [1.807, 2.05) is 45.0 Å². The second-order valence-corrected chi connectivity index (χ2v) is 8.43. The molecule has 0 unspecified atom stereocenters. The van der Waals surface area contributed by atoms with Crippen molar-refractivity contribution in [3.05, 3.63) is 36.0 Å². The molecule has 1 aromatic heterocycles. The van der Waals surface area contributed by atoms with Gasteiger partial charge in [-0.3, -0.25) is 9.59 Å². The van der Waals surface area contributed by atoms with Crippen LogP contribution in [0.25, 0.3) is 10.9 Å². The Balaban J connectivity index is 1.54. The fourth-order valence-electron chi connectivity index (χ4n) is 3.44. The smallest absolute Gasteiger partial charge is 0.410 e. The van der Waals surface area contributed by atoms with E-state index in [4.69, 9.17) is 9.47 Å². The van der Waals surface area contributed by atoms with Crippen LogP contribution in [0.2, 0.25) is 0 Å². The average molecular weight is 400 g/mol. The van der Waals surface area contributed by atoms with E-state index < -0.39 is 17.7 Å². The van der Waals surface area contributed by atoms with Crippen molar-refractivity contribution in [2.24, 2.45) is 5.92 Å². The Morgan fingerprint density at radius 2 is 1.79 bits per heavy atom. The minimum Gasteiger partial charge on any atom is -0.454 e. The van der Waals surface area contributed by atoms with Crippen molar-refractivity contribution in [1.82, 2.24) is 9.88 Å². The SMILES string of the molecule is C[C@@H](OC(=O)C1CCN(C(=O)OC(C)(C)C)CC1)C(=O)c1c[nH]c2ccccc12. The molecule has 1 aliphatic rings. The normalized spacial score (nSPS) is 16.5. The van der Waals surface area contributed by atoms with Gasteiger partial charge in [-0.25, -0.2) is 4.79 Å². The van der Waals surface area contributed by atoms with Gasteiger partial charge in [0, 0.05) is 35.8 Å². The summed E-state index contributed by atoms with van der Waals surface area (Å²) in [4.78, 5) is 42.1. The predicted molar refractivity (Wildman–Crippen MR) is 109 cm³/mol. The Labute approximate surface area is 170 Å². The maximum Gasteiger partial charge on any atom is 0.410 e. The second-order valence-electron chi connectivity index (χ2n) is 8.43. The zero-order valence-corrected chi connectivity index (χ0v) is 17.4. The molecule has 1 atom stereocenters. The number of likely N-dealkylation sites (tertiary alicyclic amines) is 1. The molecule has 3 rings (SSSR count). The molecule has 1 N–H and O–H groups in total. The van der Waals surface area contributed by atoms with Gasteiger partial charge in [0.1, 0.15) is 5.60 Å². The summed E-state index contributed by atoms with van der Waals surface area (Å²) < 4.78 is 10.8. The number of piperidine rings is 1. The molecule has 0 saturated carbocycles. The summed E-state index contributed by atoms with van der Waals surface area (Å²) in [5.41, 5.74) is 0.829. The van der Waals surface area contributed by atoms with Crippen LogP contribution in [0.5, 0.6) is 0 Å². The van der Waals surface area contributed by atoms with Crippen molar-refractivity contribution in [2.75, 3.05) is 13.1 Å². The molecule has 0 radical (unpaired) electrons. The van der Waals surface area contributed by atoms with Crippen LogP contribution >= 0.6 is 0 Å². The highest BCUT2D eigenvalue weighted by Crippen LogP contribution is 2.23. The van der Waals surface area contributed by atoms with Crippen molar-refractivity contribution in [2.45, 2.75) is 52.2 Å². The van der Waals surface area contributed by atoms with Gasteiger partial charge in [-0.1, -0.05) is 18.2 Å². The van der Waals surface area contributed by atoms with E-state index in [0.29, 0.717) is 31.5 Å². The lowest BCUT2D eigenvalue weighted by atomic mass is 9.97. The number of amides is 1. The van der Waals surface area contributed by atoms with Gasteiger partial charge >= 0.3 is 12.1 Å². The van der Waals surface area contributed by atoms with E-state index in [9.17, 15) is 14.4 Å². The minimum absolute atomic E-state index is 0.234. The number of aromatic amines is 1. The van der Waals surface area contributed by atoms with E-state index in [1.165, 1.54) is 0 Å². The molecule has 2 aromatic rings. The van der Waals surface area contributed by atoms with Crippen LogP contribution in [-0.4, -0.2) is 52.5 Å². The number of carbonyl (C=O) groups excluding carboxylic acids is 3. The Morgan fingerprint density at radius 3 is 2.45 bits per heavy atom. The Morgan fingerprint density at radius 1 is 1.14 bits per heavy atom. The summed E-state index contributed by atoms with van der Waals surface area (Å²) in [6.45, 7) is 7.92. The summed E-state index contributed by atoms with van der Waals surface area (Å²) in [5, 5.41) is 0.811. The fraction of sp³-hybridized carbons (Fsp3) is 0.500. The number of fused-ring (bicyclic) bond motifs is 1. The standard InChI is InChI=1S/C22H28N2O5/c1-14(19(25)17-13-23-18-8-6-5-7-16(17)18)28-20(26)15-9-11-24(12-10-15)21(27)29-22(2,3)4/h5-8,13-15,23H,9-12H2,1-4H3/t14-/m1/s1. The lowest BCUT2D eigenvalue weighted by molar-refractivity contribution is -0.152. The number of esters is 1. The third-order valence-corrected chi connectivity index (χ3v) is 5.00. The van der Waals surface area contributed by atoms with Crippen LogP contribution in [0.4, 0.5) is 4.79 Å². The van der Waals surface area contributed by atoms with Gasteiger partial charge in [-0.15, -0.1) is 0 Å². The number of H-pyrrole nitrogens is 1. The molecule has 1 fully saturated rings. The number of benzene rings is 1. The first-order valence-electron chi connectivity index (χ1n) is 9.94. The number of ether oxygens (including phenoxy) is 2. The molecule has 0 bridgehead atoms. The van der Waals surface area contributed by atoms with Gasteiger partial charge < -0.3 is 19.4 Å². The summed E-state index contributed by atoms with van der Waals surface area (Å²) in [5.74, 6) is -0.955. The molecule has 156 valence electrons. The number of nitrogens with one attached hydrogen (secondary N) is 1. The molecule has 1 aromatic carbocycles. The van der Waals surface area contributed by atoms with E-state index in [1.54, 1.807) is 18.0 Å². The first-order chi connectivity index (χ1) is 13.7. The lowest BCUT2D eigenvalue weighted by Crippen LogP contribution is -2.43. The van der Waals surface area contributed by atoms with Crippen molar-refractivity contribution < 1.29 is 23.9 Å². The molecule has 1 saturated heterocycles. The molecule has 1 aliphatic heterocycles. The minimum atomic E-state index is -0.870. The molecule has 0 aliphatic carbocycles. The number of hydrogen-bond acceptors (Lipinski definition) is 5. The highest BCUT2D eigenvalue weighted by Gasteiger charge is 2.32. The van der Waals surface area contributed by atoms with Gasteiger partial charge in [0.25, 0.3) is 0 Å². The summed E-state index contributed by atoms with van der Waals surface area (Å²) in [6, 6.07) is 7.50. The lowest BCUT2D eigenvalue weighted by Gasteiger charge is -2.32. The molecule has 7 nitrogen and oxygen atoms in total. The number of nitrogens with zero attached hydrogens (tertiary/aromatic N) is 1. The highest BCUT2D eigenvalue weighted by molar-refractivity contribution is 6.10. The van der Waals surface area contributed by atoms with Crippen LogP contribution < -0.4 is 0 Å². The van der Waals surface area contributed by atoms with Crippen LogP contribution in [0.3, 0.4) is 0 Å². The van der Waals surface area contributed by atoms with E-state index in [2.05, 4.69) is 4.98 Å². The first-order valence-corrected chi connectivity index (χ1v) is 9.94. The topological polar surface area (TPSA) is 88.7 Å². The van der Waals surface area contributed by atoms with Gasteiger partial charge in [-0.05, 0) is 46.6 Å². The number of ketones is 1. The van der Waals surface area contributed by atoms with Crippen molar-refractivity contribution in [3.8, 4) is 0 Å².